The maximum Gasteiger partial charge on any atom is 0.306 e. The monoisotopic (exact) mass is 750 g/mol. The van der Waals surface area contributed by atoms with E-state index in [0.717, 1.165) is 28.1 Å². The first-order valence-corrected chi connectivity index (χ1v) is 22.0. The highest BCUT2D eigenvalue weighted by Gasteiger charge is 2.56. The summed E-state index contributed by atoms with van der Waals surface area (Å²) in [5.41, 5.74) is 1.18. The van der Waals surface area contributed by atoms with Crippen molar-refractivity contribution in [2.75, 3.05) is 19.4 Å². The number of thioether (sulfide) groups is 1. The highest BCUT2D eigenvalue weighted by atomic mass is 32.2. The standard InChI is InChI=1S/C39H50N2O7S2Si/c1-10-14-34(42)48-35-24-40-37(49-35)32-22-27-21-29(47-28-17-19-30(20-18-28)50(9,43)44)23-33(36(27)41-32)46-26(2)25-45-51(38(3,4)5,39(6,7)8)31-15-12-11-13-16-31/h11-13,15-23,26,35,41H,10,14,24-25H2,1-9H3. The number of hydrogen-bond acceptors (Lipinski definition) is 9. The Morgan fingerprint density at radius 3 is 2.25 bits per heavy atom. The maximum absolute atomic E-state index is 12.1. The summed E-state index contributed by atoms with van der Waals surface area (Å²) >= 11 is 1.42. The topological polar surface area (TPSA) is 116 Å². The molecule has 1 aliphatic heterocycles. The van der Waals surface area contributed by atoms with Crippen molar-refractivity contribution in [3.63, 3.8) is 0 Å². The predicted octanol–water partition coefficient (Wildman–Crippen LogP) is 8.76. The summed E-state index contributed by atoms with van der Waals surface area (Å²) in [5.74, 6) is 1.36. The van der Waals surface area contributed by atoms with Gasteiger partial charge in [0.05, 0.1) is 29.3 Å². The third-order valence-corrected chi connectivity index (χ3v) is 17.1. The molecule has 0 amide bonds. The number of aliphatic imine (C=N–C) groups is 1. The molecule has 5 rings (SSSR count). The van der Waals surface area contributed by atoms with E-state index in [0.29, 0.717) is 36.8 Å². The number of carbonyl (C=O) groups is 1. The van der Waals surface area contributed by atoms with E-state index in [1.807, 2.05) is 38.1 Å². The molecular formula is C39H50N2O7S2Si. The Labute approximate surface area is 307 Å². The predicted molar refractivity (Wildman–Crippen MR) is 209 cm³/mol. The Hall–Kier alpha value is -3.58. The van der Waals surface area contributed by atoms with E-state index in [-0.39, 0.29) is 32.5 Å². The Bertz CT molecular complexity index is 1970. The van der Waals surface area contributed by atoms with Crippen LogP contribution in [0.2, 0.25) is 10.1 Å². The van der Waals surface area contributed by atoms with Crippen LogP contribution in [0.3, 0.4) is 0 Å². The van der Waals surface area contributed by atoms with Crippen LogP contribution < -0.4 is 14.7 Å². The summed E-state index contributed by atoms with van der Waals surface area (Å²) in [6.45, 7) is 18.3. The number of sulfone groups is 1. The van der Waals surface area contributed by atoms with E-state index in [1.54, 1.807) is 12.1 Å². The van der Waals surface area contributed by atoms with Crippen molar-refractivity contribution in [1.82, 2.24) is 4.98 Å². The lowest BCUT2D eigenvalue weighted by Gasteiger charge is -2.51. The van der Waals surface area contributed by atoms with Crippen LogP contribution >= 0.6 is 11.8 Å². The average Bonchev–Trinajstić information content (AvgIpc) is 3.68. The molecule has 1 N–H and O–H groups in total. The largest absolute Gasteiger partial charge is 0.486 e. The van der Waals surface area contributed by atoms with Crippen LogP contribution in [-0.2, 0) is 23.8 Å². The second-order valence-corrected chi connectivity index (χ2v) is 23.5. The van der Waals surface area contributed by atoms with Gasteiger partial charge in [-0.15, -0.1) is 0 Å². The number of H-pyrrole nitrogens is 1. The number of benzene rings is 3. The molecule has 0 aliphatic carbocycles. The Kier molecular flexibility index (Phi) is 11.5. The normalized spacial score (nSPS) is 16.2. The minimum atomic E-state index is -3.34. The number of rotatable bonds is 13. The molecule has 51 heavy (non-hydrogen) atoms. The van der Waals surface area contributed by atoms with Crippen LogP contribution in [0.25, 0.3) is 10.9 Å². The number of carbonyl (C=O) groups excluding carboxylic acids is 1. The van der Waals surface area contributed by atoms with E-state index in [9.17, 15) is 13.2 Å². The van der Waals surface area contributed by atoms with Crippen molar-refractivity contribution in [1.29, 1.82) is 0 Å². The zero-order valence-electron chi connectivity index (χ0n) is 31.0. The zero-order chi connectivity index (χ0) is 37.2. The first-order chi connectivity index (χ1) is 23.9. The quantitative estimate of drug-likeness (QED) is 0.107. The molecule has 2 unspecified atom stereocenters. The molecular weight excluding hydrogens is 701 g/mol. The summed E-state index contributed by atoms with van der Waals surface area (Å²) in [7, 11) is -5.98. The van der Waals surface area contributed by atoms with Gasteiger partial charge in [0.2, 0.25) is 8.32 Å². The molecule has 2 atom stereocenters. The third-order valence-electron chi connectivity index (χ3n) is 8.88. The Morgan fingerprint density at radius 1 is 0.980 bits per heavy atom. The minimum Gasteiger partial charge on any atom is -0.486 e. The summed E-state index contributed by atoms with van der Waals surface area (Å²) in [6, 6.07) is 22.6. The first-order valence-electron chi connectivity index (χ1n) is 17.3. The fourth-order valence-electron chi connectivity index (χ4n) is 6.99. The number of nitrogens with zero attached hydrogens (tertiary/aromatic N) is 1. The molecule has 0 saturated heterocycles. The maximum atomic E-state index is 12.1. The van der Waals surface area contributed by atoms with Gasteiger partial charge in [-0.05, 0) is 65.0 Å². The van der Waals surface area contributed by atoms with E-state index < -0.39 is 18.2 Å². The van der Waals surface area contributed by atoms with Gasteiger partial charge >= 0.3 is 5.97 Å². The minimum absolute atomic E-state index is 0.114. The number of fused-ring (bicyclic) bond motifs is 1. The van der Waals surface area contributed by atoms with E-state index in [1.165, 1.54) is 35.3 Å². The number of nitrogens with one attached hydrogen (secondary N) is 1. The molecule has 4 aromatic rings. The third kappa shape index (κ3) is 8.73. The Morgan fingerprint density at radius 2 is 1.65 bits per heavy atom. The van der Waals surface area contributed by atoms with Gasteiger partial charge in [0, 0.05) is 24.1 Å². The van der Waals surface area contributed by atoms with E-state index >= 15 is 0 Å². The zero-order valence-corrected chi connectivity index (χ0v) is 33.7. The van der Waals surface area contributed by atoms with E-state index in [4.69, 9.17) is 18.6 Å². The number of aromatic amines is 1. The van der Waals surface area contributed by atoms with Crippen LogP contribution in [0.1, 0.15) is 73.9 Å². The number of esters is 1. The van der Waals surface area contributed by atoms with E-state index in [2.05, 4.69) is 75.8 Å². The first kappa shape index (κ1) is 38.6. The summed E-state index contributed by atoms with van der Waals surface area (Å²) in [5, 5.41) is 2.61. The van der Waals surface area contributed by atoms with Crippen molar-refractivity contribution in [2.24, 2.45) is 4.99 Å². The van der Waals surface area contributed by atoms with Crippen LogP contribution in [0.15, 0.2) is 82.7 Å². The van der Waals surface area contributed by atoms with Gasteiger partial charge in [-0.2, -0.15) is 0 Å². The van der Waals surface area contributed by atoms with Crippen molar-refractivity contribution in [3.8, 4) is 17.2 Å². The Balaban J connectivity index is 1.46. The number of ether oxygens (including phenoxy) is 3. The van der Waals surface area contributed by atoms with Crippen LogP contribution in [0.5, 0.6) is 17.2 Å². The molecule has 0 saturated carbocycles. The van der Waals surface area contributed by atoms with Gasteiger partial charge in [-0.1, -0.05) is 90.6 Å². The van der Waals surface area contributed by atoms with Gasteiger partial charge in [-0.25, -0.2) is 8.42 Å². The van der Waals surface area contributed by atoms with Gasteiger partial charge in [0.25, 0.3) is 0 Å². The lowest BCUT2D eigenvalue weighted by molar-refractivity contribution is -0.144. The second-order valence-electron chi connectivity index (χ2n) is 15.1. The fraction of sp³-hybridized carbons (Fsp3) is 0.436. The summed E-state index contributed by atoms with van der Waals surface area (Å²) in [6.07, 6.45) is 1.95. The van der Waals surface area contributed by atoms with Crippen LogP contribution in [0.4, 0.5) is 0 Å². The van der Waals surface area contributed by atoms with Gasteiger partial charge in [0.15, 0.2) is 15.3 Å². The second kappa shape index (κ2) is 15.2. The highest BCUT2D eigenvalue weighted by Crippen LogP contribution is 2.51. The van der Waals surface area contributed by atoms with Crippen molar-refractivity contribution in [2.45, 2.75) is 94.7 Å². The molecule has 12 heteroatoms. The molecule has 1 aromatic heterocycles. The van der Waals surface area contributed by atoms with Crippen LogP contribution in [0, 0.1) is 0 Å². The van der Waals surface area contributed by atoms with Gasteiger partial charge in [0.1, 0.15) is 28.4 Å². The summed E-state index contributed by atoms with van der Waals surface area (Å²) < 4.78 is 49.7. The lowest BCUT2D eigenvalue weighted by atomic mass is 10.2. The van der Waals surface area contributed by atoms with Gasteiger partial charge in [-0.3, -0.25) is 9.79 Å². The summed E-state index contributed by atoms with van der Waals surface area (Å²) in [4.78, 5) is 20.5. The highest BCUT2D eigenvalue weighted by molar-refractivity contribution is 8.15. The molecule has 2 heterocycles. The van der Waals surface area contributed by atoms with Crippen molar-refractivity contribution >= 4 is 57.0 Å². The van der Waals surface area contributed by atoms with Crippen LogP contribution in [-0.4, -0.2) is 63.7 Å². The fourth-order valence-corrected chi connectivity index (χ4v) is 14.7. The smallest absolute Gasteiger partial charge is 0.306 e. The molecule has 0 fully saturated rings. The van der Waals surface area contributed by atoms with Crippen molar-refractivity contribution < 1.29 is 31.8 Å². The molecule has 1 aliphatic rings. The lowest BCUT2D eigenvalue weighted by Crippen LogP contribution is -2.64. The molecule has 9 nitrogen and oxygen atoms in total. The molecule has 3 aromatic carbocycles. The van der Waals surface area contributed by atoms with Gasteiger partial charge < -0.3 is 23.6 Å². The number of aromatic nitrogens is 1. The molecule has 0 spiro atoms. The molecule has 0 radical (unpaired) electrons. The van der Waals surface area contributed by atoms with Crippen molar-refractivity contribution in [3.05, 3.63) is 78.5 Å². The SMILES string of the molecule is CCCC(=O)OC1CN=C(c2cc3cc(Oc4ccc(S(C)(=O)=O)cc4)cc(OC(C)CO[Si](c4ccccc4)(C(C)(C)C)C(C)(C)C)c3[nH]2)S1. The number of hydrogen-bond donors (Lipinski definition) is 1. The average molecular weight is 751 g/mol. The molecule has 274 valence electrons. The molecule has 0 bridgehead atoms.